The summed E-state index contributed by atoms with van der Waals surface area (Å²) in [4.78, 5) is 21.8. The van der Waals surface area contributed by atoms with Crippen molar-refractivity contribution in [3.05, 3.63) is 0 Å². The highest BCUT2D eigenvalue weighted by Crippen LogP contribution is 2.12. The zero-order valence-electron chi connectivity index (χ0n) is 16.8. The van der Waals surface area contributed by atoms with Gasteiger partial charge in [-0.05, 0) is 19.3 Å². The minimum absolute atomic E-state index is 0.193. The Morgan fingerprint density at radius 1 is 0.680 bits per heavy atom. The minimum Gasteiger partial charge on any atom is -0.356 e. The van der Waals surface area contributed by atoms with E-state index < -0.39 is 0 Å². The topological polar surface area (TPSA) is 46.2 Å². The Labute approximate surface area is 156 Å². The Hall–Kier alpha value is -0.860. The zero-order valence-corrected chi connectivity index (χ0v) is 16.8. The van der Waals surface area contributed by atoms with Crippen molar-refractivity contribution in [3.8, 4) is 0 Å². The van der Waals surface area contributed by atoms with Crippen molar-refractivity contribution in [1.29, 1.82) is 0 Å². The van der Waals surface area contributed by atoms with Crippen LogP contribution in [0.25, 0.3) is 0 Å². The third-order valence-corrected chi connectivity index (χ3v) is 4.83. The first-order chi connectivity index (χ1) is 12.3. The predicted molar refractivity (Wildman–Crippen MR) is 108 cm³/mol. The van der Waals surface area contributed by atoms with Crippen molar-refractivity contribution >= 4 is 12.2 Å². The quantitative estimate of drug-likeness (QED) is 0.205. The van der Waals surface area contributed by atoms with E-state index in [1.807, 2.05) is 0 Å². The van der Waals surface area contributed by atoms with Gasteiger partial charge in [0.15, 0.2) is 0 Å². The van der Waals surface area contributed by atoms with Gasteiger partial charge in [0.2, 0.25) is 5.91 Å². The normalized spacial score (nSPS) is 10.8. The lowest BCUT2D eigenvalue weighted by atomic mass is 10.0. The fourth-order valence-electron chi connectivity index (χ4n) is 3.15. The second-order valence-corrected chi connectivity index (χ2v) is 7.36. The van der Waals surface area contributed by atoms with E-state index in [1.165, 1.54) is 77.0 Å². The van der Waals surface area contributed by atoms with Crippen LogP contribution in [0.4, 0.5) is 0 Å². The molecule has 0 aromatic rings. The highest BCUT2D eigenvalue weighted by molar-refractivity contribution is 5.75. The van der Waals surface area contributed by atoms with Gasteiger partial charge in [-0.25, -0.2) is 0 Å². The van der Waals surface area contributed by atoms with Crippen LogP contribution in [0.3, 0.4) is 0 Å². The number of unbranched alkanes of at least 4 members (excludes halogenated alkanes) is 15. The van der Waals surface area contributed by atoms with Crippen molar-refractivity contribution < 1.29 is 9.59 Å². The van der Waals surface area contributed by atoms with E-state index in [4.69, 9.17) is 0 Å². The molecule has 25 heavy (non-hydrogen) atoms. The van der Waals surface area contributed by atoms with Crippen LogP contribution in [0.1, 0.15) is 122 Å². The summed E-state index contributed by atoms with van der Waals surface area (Å²) in [7, 11) is 0. The molecule has 0 heterocycles. The number of amides is 1. The van der Waals surface area contributed by atoms with E-state index in [0.29, 0.717) is 12.8 Å². The van der Waals surface area contributed by atoms with Gasteiger partial charge in [0.25, 0.3) is 0 Å². The summed E-state index contributed by atoms with van der Waals surface area (Å²) in [5, 5.41) is 2.98. The number of aldehydes is 1. The molecule has 0 atom stereocenters. The molecule has 0 aliphatic carbocycles. The second kappa shape index (κ2) is 21.2. The van der Waals surface area contributed by atoms with Crippen LogP contribution in [0.15, 0.2) is 0 Å². The van der Waals surface area contributed by atoms with Gasteiger partial charge < -0.3 is 10.1 Å². The highest BCUT2D eigenvalue weighted by atomic mass is 16.1. The molecule has 1 amide bonds. The van der Waals surface area contributed by atoms with Crippen molar-refractivity contribution in [3.63, 3.8) is 0 Å². The average Bonchev–Trinajstić information content (AvgIpc) is 2.62. The van der Waals surface area contributed by atoms with Gasteiger partial charge in [0.1, 0.15) is 6.29 Å². The van der Waals surface area contributed by atoms with Crippen molar-refractivity contribution in [2.24, 2.45) is 0 Å². The maximum atomic E-state index is 11.7. The SMILES string of the molecule is CCCCCCCCCCCCCCCC(=O)NCCCCCC=O. The Balaban J connectivity index is 3.12. The van der Waals surface area contributed by atoms with E-state index in [9.17, 15) is 9.59 Å². The lowest BCUT2D eigenvalue weighted by molar-refractivity contribution is -0.121. The molecule has 0 bridgehead atoms. The highest BCUT2D eigenvalue weighted by Gasteiger charge is 2.00. The molecule has 148 valence electrons. The molecule has 0 rings (SSSR count). The van der Waals surface area contributed by atoms with Gasteiger partial charge in [0.05, 0.1) is 0 Å². The third kappa shape index (κ3) is 21.1. The molecule has 0 radical (unpaired) electrons. The van der Waals surface area contributed by atoms with Crippen LogP contribution in [0, 0.1) is 0 Å². The monoisotopic (exact) mass is 353 g/mol. The maximum absolute atomic E-state index is 11.7. The van der Waals surface area contributed by atoms with Gasteiger partial charge >= 0.3 is 0 Å². The molecule has 0 aliphatic heterocycles. The molecule has 1 N–H and O–H groups in total. The van der Waals surface area contributed by atoms with Gasteiger partial charge in [-0.3, -0.25) is 4.79 Å². The fraction of sp³-hybridized carbons (Fsp3) is 0.909. The lowest BCUT2D eigenvalue weighted by Gasteiger charge is -2.05. The van der Waals surface area contributed by atoms with Crippen LogP contribution in [-0.4, -0.2) is 18.7 Å². The Bertz CT molecular complexity index is 292. The summed E-state index contributed by atoms with van der Waals surface area (Å²) in [6.07, 6.45) is 22.6. The standard InChI is InChI=1S/C22H43NO2/c1-2-3-4-5-6-7-8-9-10-11-12-13-16-19-22(25)23-20-17-14-15-18-21-24/h21H,2-20H2,1H3,(H,23,25). The zero-order chi connectivity index (χ0) is 18.4. The fourth-order valence-corrected chi connectivity index (χ4v) is 3.15. The summed E-state index contributed by atoms with van der Waals surface area (Å²) in [5.41, 5.74) is 0. The molecule has 0 unspecified atom stereocenters. The number of nitrogens with one attached hydrogen (secondary N) is 1. The molecule has 0 aromatic heterocycles. The number of rotatable bonds is 20. The summed E-state index contributed by atoms with van der Waals surface area (Å²) in [5.74, 6) is 0.193. The largest absolute Gasteiger partial charge is 0.356 e. The van der Waals surface area contributed by atoms with Crippen LogP contribution in [-0.2, 0) is 9.59 Å². The van der Waals surface area contributed by atoms with E-state index in [1.54, 1.807) is 0 Å². The number of carbonyl (C=O) groups excluding carboxylic acids is 2. The Kier molecular flexibility index (Phi) is 20.5. The van der Waals surface area contributed by atoms with Crippen LogP contribution < -0.4 is 5.32 Å². The van der Waals surface area contributed by atoms with E-state index in [0.717, 1.165) is 38.5 Å². The Morgan fingerprint density at radius 2 is 1.16 bits per heavy atom. The first-order valence-electron chi connectivity index (χ1n) is 11.0. The van der Waals surface area contributed by atoms with Gasteiger partial charge in [-0.15, -0.1) is 0 Å². The molecule has 0 saturated heterocycles. The molecule has 0 aliphatic rings. The first-order valence-corrected chi connectivity index (χ1v) is 11.0. The number of hydrogen-bond acceptors (Lipinski definition) is 2. The van der Waals surface area contributed by atoms with Crippen molar-refractivity contribution in [2.45, 2.75) is 122 Å². The lowest BCUT2D eigenvalue weighted by Crippen LogP contribution is -2.23. The number of hydrogen-bond donors (Lipinski definition) is 1. The van der Waals surface area contributed by atoms with Crippen LogP contribution in [0.5, 0.6) is 0 Å². The smallest absolute Gasteiger partial charge is 0.219 e. The molecule has 0 spiro atoms. The van der Waals surface area contributed by atoms with Gasteiger partial charge in [0, 0.05) is 19.4 Å². The summed E-state index contributed by atoms with van der Waals surface area (Å²) in [6.45, 7) is 3.03. The van der Waals surface area contributed by atoms with Crippen LogP contribution in [0.2, 0.25) is 0 Å². The van der Waals surface area contributed by atoms with Gasteiger partial charge in [-0.2, -0.15) is 0 Å². The average molecular weight is 354 g/mol. The summed E-state index contributed by atoms with van der Waals surface area (Å²) >= 11 is 0. The molecule has 0 saturated carbocycles. The molecule has 0 aromatic carbocycles. The summed E-state index contributed by atoms with van der Waals surface area (Å²) < 4.78 is 0. The second-order valence-electron chi connectivity index (χ2n) is 7.36. The van der Waals surface area contributed by atoms with Crippen molar-refractivity contribution in [2.75, 3.05) is 6.54 Å². The van der Waals surface area contributed by atoms with Crippen LogP contribution >= 0.6 is 0 Å². The first kappa shape index (κ1) is 24.1. The Morgan fingerprint density at radius 3 is 1.68 bits per heavy atom. The summed E-state index contributed by atoms with van der Waals surface area (Å²) in [6, 6.07) is 0. The molecule has 0 fully saturated rings. The molecular formula is C22H43NO2. The molecule has 3 nitrogen and oxygen atoms in total. The minimum atomic E-state index is 0.193. The van der Waals surface area contributed by atoms with E-state index >= 15 is 0 Å². The number of carbonyl (C=O) groups is 2. The maximum Gasteiger partial charge on any atom is 0.219 e. The molecular weight excluding hydrogens is 310 g/mol. The predicted octanol–water partition coefficient (Wildman–Crippen LogP) is 6.34. The third-order valence-electron chi connectivity index (χ3n) is 4.83. The van der Waals surface area contributed by atoms with E-state index in [2.05, 4.69) is 12.2 Å². The van der Waals surface area contributed by atoms with Crippen molar-refractivity contribution in [1.82, 2.24) is 5.32 Å². The van der Waals surface area contributed by atoms with E-state index in [-0.39, 0.29) is 5.91 Å². The van der Waals surface area contributed by atoms with Gasteiger partial charge in [-0.1, -0.05) is 90.4 Å². The molecule has 3 heteroatoms.